The van der Waals surface area contributed by atoms with Crippen LogP contribution in [-0.2, 0) is 20.3 Å². The second-order valence-corrected chi connectivity index (χ2v) is 7.24. The van der Waals surface area contributed by atoms with Gasteiger partial charge in [0.25, 0.3) is 0 Å². The monoisotopic (exact) mass is 391 g/mol. The maximum atomic E-state index is 14.0. The largest absolute Gasteiger partial charge is 0.315 e. The molecule has 0 bridgehead atoms. The lowest BCUT2D eigenvalue weighted by molar-refractivity contribution is -0.917. The van der Waals surface area contributed by atoms with Crippen LogP contribution in [0.2, 0.25) is 5.02 Å². The third-order valence-electron chi connectivity index (χ3n) is 4.39. The van der Waals surface area contributed by atoms with E-state index >= 15 is 0 Å². The lowest BCUT2D eigenvalue weighted by atomic mass is 10.1. The van der Waals surface area contributed by atoms with E-state index in [1.165, 1.54) is 6.07 Å². The molecular formula is C19H21ClFN4S+. The molecule has 136 valence electrons. The van der Waals surface area contributed by atoms with E-state index in [-0.39, 0.29) is 5.82 Å². The van der Waals surface area contributed by atoms with Crippen molar-refractivity contribution in [1.29, 1.82) is 0 Å². The van der Waals surface area contributed by atoms with Gasteiger partial charge in [-0.25, -0.2) is 4.39 Å². The molecule has 1 heterocycles. The van der Waals surface area contributed by atoms with Crippen LogP contribution in [0.1, 0.15) is 11.1 Å². The summed E-state index contributed by atoms with van der Waals surface area (Å²) in [6.45, 7) is 3.02. The summed E-state index contributed by atoms with van der Waals surface area (Å²) in [4.78, 5) is 1.03. The summed E-state index contributed by atoms with van der Waals surface area (Å²) < 4.78 is 18.3. The Morgan fingerprint density at radius 2 is 1.92 bits per heavy atom. The zero-order valence-corrected chi connectivity index (χ0v) is 16.5. The standard InChI is InChI=1S/C19H20ClFN4S/c1-13-7-4-5-8-14(13)18-22-25(19(26)24(18)3)12-23(2)11-15-16(20)9-6-10-17(15)21/h4-10H,11-12H2,1-3H3/p+1. The highest BCUT2D eigenvalue weighted by molar-refractivity contribution is 7.71. The number of aryl methyl sites for hydroxylation is 1. The summed E-state index contributed by atoms with van der Waals surface area (Å²) in [7, 11) is 3.88. The first-order valence-electron chi connectivity index (χ1n) is 8.32. The van der Waals surface area contributed by atoms with Crippen molar-refractivity contribution in [2.75, 3.05) is 7.05 Å². The molecule has 1 atom stereocenters. The Bertz CT molecular complexity index is 975. The molecule has 0 fully saturated rings. The predicted molar refractivity (Wildman–Crippen MR) is 104 cm³/mol. The molecule has 26 heavy (non-hydrogen) atoms. The highest BCUT2D eigenvalue weighted by Gasteiger charge is 2.16. The zero-order chi connectivity index (χ0) is 18.8. The first kappa shape index (κ1) is 18.8. The summed E-state index contributed by atoms with van der Waals surface area (Å²) in [5.41, 5.74) is 2.70. The first-order chi connectivity index (χ1) is 12.4. The molecule has 0 saturated carbocycles. The molecule has 0 amide bonds. The zero-order valence-electron chi connectivity index (χ0n) is 15.0. The number of rotatable bonds is 5. The Hall–Kier alpha value is -2.02. The van der Waals surface area contributed by atoms with Gasteiger partial charge in [0.2, 0.25) is 4.77 Å². The predicted octanol–water partition coefficient (Wildman–Crippen LogP) is 3.39. The van der Waals surface area contributed by atoms with Crippen molar-refractivity contribution in [3.8, 4) is 11.4 Å². The van der Waals surface area contributed by atoms with Crippen molar-refractivity contribution in [3.05, 3.63) is 69.2 Å². The highest BCUT2D eigenvalue weighted by Crippen LogP contribution is 2.21. The van der Waals surface area contributed by atoms with Gasteiger partial charge in [0.15, 0.2) is 12.5 Å². The molecule has 0 saturated heterocycles. The summed E-state index contributed by atoms with van der Waals surface area (Å²) in [6.07, 6.45) is 0. The fraction of sp³-hybridized carbons (Fsp3) is 0.263. The number of hydrogen-bond donors (Lipinski definition) is 1. The van der Waals surface area contributed by atoms with Crippen LogP contribution in [0.25, 0.3) is 11.4 Å². The molecular weight excluding hydrogens is 371 g/mol. The van der Waals surface area contributed by atoms with Gasteiger partial charge in [-0.3, -0.25) is 0 Å². The Morgan fingerprint density at radius 1 is 1.19 bits per heavy atom. The van der Waals surface area contributed by atoms with E-state index in [2.05, 4.69) is 13.0 Å². The molecule has 0 spiro atoms. The van der Waals surface area contributed by atoms with Crippen molar-refractivity contribution in [2.24, 2.45) is 7.05 Å². The molecule has 1 aromatic heterocycles. The number of nitrogens with one attached hydrogen (secondary N) is 1. The number of halogens is 2. The molecule has 0 aliphatic rings. The maximum Gasteiger partial charge on any atom is 0.202 e. The second kappa shape index (κ2) is 7.70. The van der Waals surface area contributed by atoms with Crippen molar-refractivity contribution in [1.82, 2.24) is 14.3 Å². The van der Waals surface area contributed by atoms with E-state index in [4.69, 9.17) is 28.9 Å². The molecule has 0 radical (unpaired) electrons. The molecule has 1 N–H and O–H groups in total. The number of nitrogens with zero attached hydrogens (tertiary/aromatic N) is 3. The third kappa shape index (κ3) is 3.72. The number of aromatic nitrogens is 3. The van der Waals surface area contributed by atoms with Crippen LogP contribution >= 0.6 is 23.8 Å². The number of benzene rings is 2. The van der Waals surface area contributed by atoms with Gasteiger partial charge in [-0.1, -0.05) is 41.9 Å². The van der Waals surface area contributed by atoms with Crippen LogP contribution in [0.3, 0.4) is 0 Å². The fourth-order valence-electron chi connectivity index (χ4n) is 2.96. The number of hydrogen-bond acceptors (Lipinski definition) is 2. The molecule has 3 aromatic rings. The van der Waals surface area contributed by atoms with Gasteiger partial charge < -0.3 is 9.47 Å². The minimum Gasteiger partial charge on any atom is -0.315 e. The van der Waals surface area contributed by atoms with Crippen LogP contribution in [-0.4, -0.2) is 21.4 Å². The summed E-state index contributed by atoms with van der Waals surface area (Å²) in [6, 6.07) is 12.8. The van der Waals surface area contributed by atoms with Crippen LogP contribution in [0.15, 0.2) is 42.5 Å². The number of quaternary nitrogens is 1. The SMILES string of the molecule is Cc1ccccc1-c1nn(C[NH+](C)Cc2c(F)cccc2Cl)c(=S)n1C. The summed E-state index contributed by atoms with van der Waals surface area (Å²) in [5, 5.41) is 5.13. The molecule has 1 unspecified atom stereocenters. The maximum absolute atomic E-state index is 14.0. The van der Waals surface area contributed by atoms with E-state index in [1.54, 1.807) is 16.8 Å². The van der Waals surface area contributed by atoms with E-state index in [9.17, 15) is 4.39 Å². The molecule has 4 nitrogen and oxygen atoms in total. The third-order valence-corrected chi connectivity index (χ3v) is 5.23. The van der Waals surface area contributed by atoms with Gasteiger partial charge in [-0.05, 0) is 36.8 Å². The molecule has 0 aliphatic heterocycles. The average molecular weight is 392 g/mol. The highest BCUT2D eigenvalue weighted by atomic mass is 35.5. The molecule has 3 rings (SSSR count). The van der Waals surface area contributed by atoms with E-state index < -0.39 is 0 Å². The van der Waals surface area contributed by atoms with Crippen LogP contribution in [0, 0.1) is 17.5 Å². The Balaban J connectivity index is 1.86. The van der Waals surface area contributed by atoms with Gasteiger partial charge in [-0.15, -0.1) is 5.10 Å². The summed E-state index contributed by atoms with van der Waals surface area (Å²) in [5.74, 6) is 0.534. The quantitative estimate of drug-likeness (QED) is 0.675. The van der Waals surface area contributed by atoms with E-state index in [1.807, 2.05) is 36.9 Å². The minimum atomic E-state index is -0.290. The topological polar surface area (TPSA) is 27.2 Å². The second-order valence-electron chi connectivity index (χ2n) is 6.47. The average Bonchev–Trinajstić information content (AvgIpc) is 2.87. The van der Waals surface area contributed by atoms with Gasteiger partial charge in [0.05, 0.1) is 17.6 Å². The molecule has 7 heteroatoms. The van der Waals surface area contributed by atoms with Gasteiger partial charge in [-0.2, -0.15) is 4.68 Å². The van der Waals surface area contributed by atoms with Gasteiger partial charge >= 0.3 is 0 Å². The van der Waals surface area contributed by atoms with Crippen LogP contribution < -0.4 is 4.90 Å². The lowest BCUT2D eigenvalue weighted by Gasteiger charge is -2.15. The lowest BCUT2D eigenvalue weighted by Crippen LogP contribution is -3.07. The smallest absolute Gasteiger partial charge is 0.202 e. The fourth-order valence-corrected chi connectivity index (χ4v) is 3.39. The minimum absolute atomic E-state index is 0.290. The van der Waals surface area contributed by atoms with Crippen molar-refractivity contribution in [3.63, 3.8) is 0 Å². The van der Waals surface area contributed by atoms with Gasteiger partial charge in [0, 0.05) is 12.6 Å². The van der Waals surface area contributed by atoms with E-state index in [0.717, 1.165) is 21.9 Å². The first-order valence-corrected chi connectivity index (χ1v) is 9.11. The van der Waals surface area contributed by atoms with Gasteiger partial charge in [0.1, 0.15) is 12.4 Å². The van der Waals surface area contributed by atoms with Crippen molar-refractivity contribution < 1.29 is 9.29 Å². The van der Waals surface area contributed by atoms with Crippen LogP contribution in [0.5, 0.6) is 0 Å². The molecule has 0 aliphatic carbocycles. The van der Waals surface area contributed by atoms with E-state index in [0.29, 0.717) is 28.6 Å². The Kier molecular flexibility index (Phi) is 5.55. The van der Waals surface area contributed by atoms with Crippen molar-refractivity contribution >= 4 is 23.8 Å². The van der Waals surface area contributed by atoms with Crippen molar-refractivity contribution in [2.45, 2.75) is 20.1 Å². The molecule has 2 aromatic carbocycles. The normalized spacial score (nSPS) is 12.3. The van der Waals surface area contributed by atoms with Crippen LogP contribution in [0.4, 0.5) is 4.39 Å². The Morgan fingerprint density at radius 3 is 2.62 bits per heavy atom. The Labute approximate surface area is 162 Å². The summed E-state index contributed by atoms with van der Waals surface area (Å²) >= 11 is 11.7.